The summed E-state index contributed by atoms with van der Waals surface area (Å²) < 4.78 is 8.02. The fourth-order valence-corrected chi connectivity index (χ4v) is 4.31. The van der Waals surface area contributed by atoms with Gasteiger partial charge in [-0.2, -0.15) is 0 Å². The molecular weight excluding hydrogens is 430 g/mol. The Morgan fingerprint density at radius 3 is 2.45 bits per heavy atom. The summed E-state index contributed by atoms with van der Waals surface area (Å²) in [6, 6.07) is 19.4. The molecular formula is C22H21N5O2S2. The Kier molecular flexibility index (Phi) is 6.63. The molecule has 0 fully saturated rings. The highest BCUT2D eigenvalue weighted by atomic mass is 32.2. The summed E-state index contributed by atoms with van der Waals surface area (Å²) in [5.41, 5.74) is 0.904. The zero-order valence-corrected chi connectivity index (χ0v) is 18.6. The van der Waals surface area contributed by atoms with Gasteiger partial charge in [-0.3, -0.25) is 9.36 Å². The monoisotopic (exact) mass is 451 g/mol. The van der Waals surface area contributed by atoms with Crippen molar-refractivity contribution in [2.45, 2.75) is 30.4 Å². The summed E-state index contributed by atoms with van der Waals surface area (Å²) in [7, 11) is 0. The molecule has 0 spiro atoms. The molecule has 1 amide bonds. The van der Waals surface area contributed by atoms with Gasteiger partial charge >= 0.3 is 0 Å². The van der Waals surface area contributed by atoms with E-state index in [1.807, 2.05) is 84.5 Å². The minimum atomic E-state index is -0.395. The molecule has 2 heterocycles. The van der Waals surface area contributed by atoms with Gasteiger partial charge in [0.05, 0.1) is 5.25 Å². The number of hydrogen-bond donors (Lipinski definition) is 1. The molecule has 2 aromatic heterocycles. The lowest BCUT2D eigenvalue weighted by Crippen LogP contribution is -2.23. The molecule has 2 unspecified atom stereocenters. The largest absolute Gasteiger partial charge is 0.483 e. The smallest absolute Gasteiger partial charge is 0.239 e. The second-order valence-electron chi connectivity index (χ2n) is 6.67. The number of carbonyl (C=O) groups excluding carboxylic acids is 1. The van der Waals surface area contributed by atoms with E-state index in [0.29, 0.717) is 16.1 Å². The first-order valence-electron chi connectivity index (χ1n) is 9.71. The third-order valence-electron chi connectivity index (χ3n) is 4.41. The van der Waals surface area contributed by atoms with Crippen molar-refractivity contribution in [3.8, 4) is 11.4 Å². The Bertz CT molecular complexity index is 1120. The molecule has 0 saturated carbocycles. The van der Waals surface area contributed by atoms with Crippen LogP contribution in [0.25, 0.3) is 5.69 Å². The second kappa shape index (κ2) is 9.76. The number of anilines is 1. The maximum Gasteiger partial charge on any atom is 0.239 e. The SMILES string of the molecule is CC(Sc1nnc(C(C)Oc2ccccc2)n1-c1ccccc1)C(=O)Nc1nccs1. The molecule has 0 aliphatic heterocycles. The first kappa shape index (κ1) is 21.1. The Hall–Kier alpha value is -3.17. The maximum absolute atomic E-state index is 12.6. The fourth-order valence-electron chi connectivity index (χ4n) is 2.90. The molecule has 0 aliphatic carbocycles. The van der Waals surface area contributed by atoms with Crippen LogP contribution in [0.5, 0.6) is 5.75 Å². The summed E-state index contributed by atoms with van der Waals surface area (Å²) in [4.78, 5) is 16.7. The molecule has 0 saturated heterocycles. The van der Waals surface area contributed by atoms with Crippen LogP contribution in [0.15, 0.2) is 77.4 Å². The van der Waals surface area contributed by atoms with Gasteiger partial charge in [0.1, 0.15) is 5.75 Å². The third-order valence-corrected chi connectivity index (χ3v) is 6.14. The summed E-state index contributed by atoms with van der Waals surface area (Å²) in [5.74, 6) is 1.27. The zero-order valence-electron chi connectivity index (χ0n) is 17.0. The quantitative estimate of drug-likeness (QED) is 0.380. The summed E-state index contributed by atoms with van der Waals surface area (Å²) in [6.45, 7) is 3.77. The van der Waals surface area contributed by atoms with Crippen molar-refractivity contribution in [1.82, 2.24) is 19.7 Å². The van der Waals surface area contributed by atoms with Crippen molar-refractivity contribution in [3.05, 3.63) is 78.1 Å². The van der Waals surface area contributed by atoms with Crippen molar-refractivity contribution in [1.29, 1.82) is 0 Å². The van der Waals surface area contributed by atoms with E-state index in [-0.39, 0.29) is 12.0 Å². The van der Waals surface area contributed by atoms with E-state index >= 15 is 0 Å². The molecule has 0 bridgehead atoms. The Balaban J connectivity index is 1.59. The van der Waals surface area contributed by atoms with E-state index in [9.17, 15) is 4.79 Å². The van der Waals surface area contributed by atoms with Crippen molar-refractivity contribution in [2.24, 2.45) is 0 Å². The van der Waals surface area contributed by atoms with Gasteiger partial charge in [-0.05, 0) is 38.1 Å². The van der Waals surface area contributed by atoms with E-state index in [4.69, 9.17) is 4.74 Å². The Morgan fingerprint density at radius 1 is 1.06 bits per heavy atom. The minimum absolute atomic E-state index is 0.141. The molecule has 0 aliphatic rings. The normalized spacial score (nSPS) is 12.8. The molecule has 31 heavy (non-hydrogen) atoms. The van der Waals surface area contributed by atoms with Crippen LogP contribution in [0.4, 0.5) is 5.13 Å². The third kappa shape index (κ3) is 5.12. The number of carbonyl (C=O) groups is 1. The van der Waals surface area contributed by atoms with Gasteiger partial charge in [0.25, 0.3) is 0 Å². The average Bonchev–Trinajstić information content (AvgIpc) is 3.45. The number of para-hydroxylation sites is 2. The molecule has 0 radical (unpaired) electrons. The number of hydrogen-bond acceptors (Lipinski definition) is 7. The minimum Gasteiger partial charge on any atom is -0.483 e. The summed E-state index contributed by atoms with van der Waals surface area (Å²) >= 11 is 2.72. The van der Waals surface area contributed by atoms with E-state index < -0.39 is 5.25 Å². The molecule has 2 aromatic carbocycles. The van der Waals surface area contributed by atoms with Crippen LogP contribution >= 0.6 is 23.1 Å². The van der Waals surface area contributed by atoms with E-state index in [1.54, 1.807) is 6.20 Å². The van der Waals surface area contributed by atoms with Crippen molar-refractivity contribution in [2.75, 3.05) is 5.32 Å². The van der Waals surface area contributed by atoms with Gasteiger partial charge in [0.2, 0.25) is 5.91 Å². The molecule has 1 N–H and O–H groups in total. The number of nitrogens with zero attached hydrogens (tertiary/aromatic N) is 4. The number of ether oxygens (including phenoxy) is 1. The lowest BCUT2D eigenvalue weighted by molar-refractivity contribution is -0.115. The van der Waals surface area contributed by atoms with E-state index in [1.165, 1.54) is 23.1 Å². The van der Waals surface area contributed by atoms with E-state index in [0.717, 1.165) is 11.4 Å². The van der Waals surface area contributed by atoms with Crippen molar-refractivity contribution >= 4 is 34.1 Å². The standard InChI is InChI=1S/C22H21N5O2S2/c1-15(29-18-11-7-4-8-12-18)19-25-26-22(27(19)17-9-5-3-6-10-17)31-16(2)20(28)24-21-23-13-14-30-21/h3-16H,1-2H3,(H,23,24,28). The molecule has 7 nitrogen and oxygen atoms in total. The predicted molar refractivity (Wildman–Crippen MR) is 123 cm³/mol. The Labute approximate surface area is 188 Å². The van der Waals surface area contributed by atoms with Crippen LogP contribution in [0.1, 0.15) is 25.8 Å². The highest BCUT2D eigenvalue weighted by molar-refractivity contribution is 8.00. The first-order valence-corrected chi connectivity index (χ1v) is 11.5. The van der Waals surface area contributed by atoms with Crippen LogP contribution in [0.2, 0.25) is 0 Å². The molecule has 4 aromatic rings. The number of rotatable bonds is 8. The van der Waals surface area contributed by atoms with E-state index in [2.05, 4.69) is 20.5 Å². The van der Waals surface area contributed by atoms with Gasteiger partial charge in [0.15, 0.2) is 22.2 Å². The Morgan fingerprint density at radius 2 is 1.77 bits per heavy atom. The van der Waals surface area contributed by atoms with Gasteiger partial charge in [-0.15, -0.1) is 21.5 Å². The number of thiazole rings is 1. The second-order valence-corrected chi connectivity index (χ2v) is 8.87. The van der Waals surface area contributed by atoms with Crippen LogP contribution in [-0.4, -0.2) is 30.9 Å². The van der Waals surface area contributed by atoms with Gasteiger partial charge in [-0.1, -0.05) is 48.2 Å². The van der Waals surface area contributed by atoms with Crippen molar-refractivity contribution in [3.63, 3.8) is 0 Å². The number of amides is 1. The predicted octanol–water partition coefficient (Wildman–Crippen LogP) is 4.98. The number of nitrogens with one attached hydrogen (secondary N) is 1. The zero-order chi connectivity index (χ0) is 21.6. The summed E-state index contributed by atoms with van der Waals surface area (Å²) in [6.07, 6.45) is 1.31. The van der Waals surface area contributed by atoms with Gasteiger partial charge < -0.3 is 10.1 Å². The van der Waals surface area contributed by atoms with Crippen LogP contribution in [0, 0.1) is 0 Å². The summed E-state index contributed by atoms with van der Waals surface area (Å²) in [5, 5.41) is 14.2. The lowest BCUT2D eigenvalue weighted by Gasteiger charge is -2.17. The lowest BCUT2D eigenvalue weighted by atomic mass is 10.3. The average molecular weight is 452 g/mol. The topological polar surface area (TPSA) is 81.9 Å². The molecule has 2 atom stereocenters. The molecule has 158 valence electrons. The van der Waals surface area contributed by atoms with Crippen LogP contribution in [-0.2, 0) is 4.79 Å². The molecule has 9 heteroatoms. The first-order chi connectivity index (χ1) is 15.1. The fraction of sp³-hybridized carbons (Fsp3) is 0.182. The highest BCUT2D eigenvalue weighted by Crippen LogP contribution is 2.30. The van der Waals surface area contributed by atoms with Gasteiger partial charge in [-0.25, -0.2) is 4.98 Å². The van der Waals surface area contributed by atoms with Gasteiger partial charge in [0, 0.05) is 17.3 Å². The molecule has 4 rings (SSSR count). The van der Waals surface area contributed by atoms with Crippen molar-refractivity contribution < 1.29 is 9.53 Å². The number of thioether (sulfide) groups is 1. The van der Waals surface area contributed by atoms with Crippen LogP contribution < -0.4 is 10.1 Å². The number of benzene rings is 2. The maximum atomic E-state index is 12.6. The van der Waals surface area contributed by atoms with Crippen LogP contribution in [0.3, 0.4) is 0 Å². The number of aromatic nitrogens is 4. The highest BCUT2D eigenvalue weighted by Gasteiger charge is 2.24.